The van der Waals surface area contributed by atoms with Crippen molar-refractivity contribution in [3.05, 3.63) is 29.8 Å². The van der Waals surface area contributed by atoms with Crippen LogP contribution >= 0.6 is 0 Å². The predicted octanol–water partition coefficient (Wildman–Crippen LogP) is 3.03. The van der Waals surface area contributed by atoms with Gasteiger partial charge in [-0.15, -0.1) is 0 Å². The third-order valence-corrected chi connectivity index (χ3v) is 6.46. The van der Waals surface area contributed by atoms with Gasteiger partial charge in [0.1, 0.15) is 0 Å². The smallest absolute Gasteiger partial charge is 0.240 e. The van der Waals surface area contributed by atoms with Crippen LogP contribution in [0.5, 0.6) is 0 Å². The summed E-state index contributed by atoms with van der Waals surface area (Å²) in [6.07, 6.45) is 5.45. The Kier molecular flexibility index (Phi) is 10.6. The molecule has 1 unspecified atom stereocenters. The Bertz CT molecular complexity index is 742. The highest BCUT2D eigenvalue weighted by Gasteiger charge is 2.20. The molecule has 0 radical (unpaired) electrons. The number of unbranched alkanes of at least 4 members (excludes halogenated alkanes) is 1. The van der Waals surface area contributed by atoms with Crippen molar-refractivity contribution in [1.82, 2.24) is 15.4 Å². The average Bonchev–Trinajstić information content (AvgIpc) is 3.24. The number of hydrogen-bond acceptors (Lipinski definition) is 4. The summed E-state index contributed by atoms with van der Waals surface area (Å²) in [4.78, 5) is 4.88. The minimum absolute atomic E-state index is 0.0178. The Balaban J connectivity index is 1.84. The van der Waals surface area contributed by atoms with Gasteiger partial charge in [-0.3, -0.25) is 0 Å². The van der Waals surface area contributed by atoms with Crippen molar-refractivity contribution in [2.45, 2.75) is 70.4 Å². The second-order valence-electron chi connectivity index (χ2n) is 8.14. The van der Waals surface area contributed by atoms with Crippen LogP contribution in [0.2, 0.25) is 0 Å². The molecule has 0 bridgehead atoms. The summed E-state index contributed by atoms with van der Waals surface area (Å²) in [6, 6.07) is 6.90. The monoisotopic (exact) mass is 438 g/mol. The van der Waals surface area contributed by atoms with Crippen molar-refractivity contribution in [2.75, 3.05) is 26.2 Å². The maximum atomic E-state index is 12.5. The second kappa shape index (κ2) is 12.9. The van der Waals surface area contributed by atoms with Gasteiger partial charge >= 0.3 is 0 Å². The Hall–Kier alpha value is -1.64. The Labute approximate surface area is 182 Å². The zero-order valence-corrected chi connectivity index (χ0v) is 19.4. The molecule has 0 aromatic heterocycles. The number of benzene rings is 1. The number of guanidine groups is 1. The predicted molar refractivity (Wildman–Crippen MR) is 122 cm³/mol. The van der Waals surface area contributed by atoms with Crippen LogP contribution in [0.15, 0.2) is 34.2 Å². The van der Waals surface area contributed by atoms with Crippen LogP contribution in [0.3, 0.4) is 0 Å². The van der Waals surface area contributed by atoms with E-state index >= 15 is 0 Å². The van der Waals surface area contributed by atoms with Crippen LogP contribution in [-0.2, 0) is 21.3 Å². The molecule has 1 aromatic rings. The van der Waals surface area contributed by atoms with Crippen LogP contribution < -0.4 is 15.4 Å². The lowest BCUT2D eigenvalue weighted by Gasteiger charge is -2.12. The summed E-state index contributed by atoms with van der Waals surface area (Å²) in [6.45, 7) is 9.75. The van der Waals surface area contributed by atoms with Gasteiger partial charge in [0.2, 0.25) is 10.0 Å². The van der Waals surface area contributed by atoms with Gasteiger partial charge < -0.3 is 15.4 Å². The molecule has 0 amide bonds. The third kappa shape index (κ3) is 9.02. The molecule has 1 heterocycles. The molecule has 0 saturated carbocycles. The van der Waals surface area contributed by atoms with Crippen molar-refractivity contribution in [3.8, 4) is 0 Å². The highest BCUT2D eigenvalue weighted by Crippen LogP contribution is 2.14. The molecule has 0 aliphatic carbocycles. The standard InChI is InChI=1S/C22H38N4O3S/c1-4-23-22(24-14-6-5-8-18(2)3)25-16-19-10-12-21(13-11-19)30(27,28)26-17-20-9-7-15-29-20/h10-13,18,20,26H,4-9,14-17H2,1-3H3,(H2,23,24,25). The Morgan fingerprint density at radius 3 is 2.60 bits per heavy atom. The van der Waals surface area contributed by atoms with Crippen LogP contribution in [0.4, 0.5) is 0 Å². The van der Waals surface area contributed by atoms with Crippen LogP contribution in [0.1, 0.15) is 58.4 Å². The number of rotatable bonds is 12. The van der Waals surface area contributed by atoms with E-state index in [1.54, 1.807) is 12.1 Å². The maximum Gasteiger partial charge on any atom is 0.240 e. The van der Waals surface area contributed by atoms with E-state index in [0.29, 0.717) is 19.7 Å². The van der Waals surface area contributed by atoms with Crippen molar-refractivity contribution < 1.29 is 13.2 Å². The van der Waals surface area contributed by atoms with Gasteiger partial charge in [-0.1, -0.05) is 38.8 Å². The molecule has 1 aromatic carbocycles. The molecule has 3 N–H and O–H groups in total. The van der Waals surface area contributed by atoms with E-state index in [1.165, 1.54) is 12.8 Å². The molecular weight excluding hydrogens is 400 g/mol. The molecule has 1 saturated heterocycles. The summed E-state index contributed by atoms with van der Waals surface area (Å²) in [5.41, 5.74) is 0.963. The molecule has 170 valence electrons. The molecule has 1 aliphatic rings. The fourth-order valence-corrected chi connectivity index (χ4v) is 4.33. The van der Waals surface area contributed by atoms with Crippen molar-refractivity contribution in [3.63, 3.8) is 0 Å². The lowest BCUT2D eigenvalue weighted by Crippen LogP contribution is -2.37. The van der Waals surface area contributed by atoms with Crippen LogP contribution in [0.25, 0.3) is 0 Å². The molecule has 7 nitrogen and oxygen atoms in total. The molecule has 30 heavy (non-hydrogen) atoms. The molecule has 2 rings (SSSR count). The molecule has 1 fully saturated rings. The maximum absolute atomic E-state index is 12.5. The summed E-state index contributed by atoms with van der Waals surface area (Å²) >= 11 is 0. The van der Waals surface area contributed by atoms with Gasteiger partial charge in [0.25, 0.3) is 0 Å². The first-order chi connectivity index (χ1) is 14.4. The van der Waals surface area contributed by atoms with E-state index in [-0.39, 0.29) is 11.0 Å². The normalized spacial score (nSPS) is 17.5. The van der Waals surface area contributed by atoms with E-state index in [4.69, 9.17) is 4.74 Å². The number of ether oxygens (including phenoxy) is 1. The molecular formula is C22H38N4O3S. The van der Waals surface area contributed by atoms with Crippen LogP contribution in [-0.4, -0.2) is 46.7 Å². The first kappa shape index (κ1) is 24.6. The fourth-order valence-electron chi connectivity index (χ4n) is 3.26. The lowest BCUT2D eigenvalue weighted by atomic mass is 10.1. The van der Waals surface area contributed by atoms with Gasteiger partial charge in [-0.25, -0.2) is 18.1 Å². The SMILES string of the molecule is CCNC(=NCc1ccc(S(=O)(=O)NCC2CCCO2)cc1)NCCCCC(C)C. The zero-order chi connectivity index (χ0) is 21.8. The molecule has 1 aliphatic heterocycles. The van der Waals surface area contributed by atoms with E-state index in [9.17, 15) is 8.42 Å². The van der Waals surface area contributed by atoms with Gasteiger partial charge in [0, 0.05) is 26.2 Å². The quantitative estimate of drug-likeness (QED) is 0.265. The minimum Gasteiger partial charge on any atom is -0.377 e. The van der Waals surface area contributed by atoms with Gasteiger partial charge in [0.15, 0.2) is 5.96 Å². The first-order valence-electron chi connectivity index (χ1n) is 11.1. The molecule has 1 atom stereocenters. The second-order valence-corrected chi connectivity index (χ2v) is 9.91. The van der Waals surface area contributed by atoms with Crippen molar-refractivity contribution in [1.29, 1.82) is 0 Å². The number of nitrogens with one attached hydrogen (secondary N) is 3. The van der Waals surface area contributed by atoms with E-state index < -0.39 is 10.0 Å². The van der Waals surface area contributed by atoms with E-state index in [0.717, 1.165) is 49.8 Å². The number of aliphatic imine (C=N–C) groups is 1. The number of hydrogen-bond donors (Lipinski definition) is 3. The average molecular weight is 439 g/mol. The van der Waals surface area contributed by atoms with Crippen molar-refractivity contribution in [2.24, 2.45) is 10.9 Å². The number of nitrogens with zero attached hydrogens (tertiary/aromatic N) is 1. The third-order valence-electron chi connectivity index (χ3n) is 5.02. The molecule has 0 spiro atoms. The van der Waals surface area contributed by atoms with Crippen molar-refractivity contribution >= 4 is 16.0 Å². The summed E-state index contributed by atoms with van der Waals surface area (Å²) < 4.78 is 33.0. The van der Waals surface area contributed by atoms with Gasteiger partial charge in [-0.2, -0.15) is 0 Å². The van der Waals surface area contributed by atoms with Gasteiger partial charge in [-0.05, 0) is 49.8 Å². The zero-order valence-electron chi connectivity index (χ0n) is 18.6. The lowest BCUT2D eigenvalue weighted by molar-refractivity contribution is 0.114. The summed E-state index contributed by atoms with van der Waals surface area (Å²) in [5.74, 6) is 1.53. The summed E-state index contributed by atoms with van der Waals surface area (Å²) in [7, 11) is -3.52. The van der Waals surface area contributed by atoms with E-state index in [2.05, 4.69) is 34.2 Å². The fraction of sp³-hybridized carbons (Fsp3) is 0.682. The van der Waals surface area contributed by atoms with Crippen LogP contribution in [0, 0.1) is 5.92 Å². The highest BCUT2D eigenvalue weighted by atomic mass is 32.2. The topological polar surface area (TPSA) is 91.8 Å². The van der Waals surface area contributed by atoms with Gasteiger partial charge in [0.05, 0.1) is 17.5 Å². The van der Waals surface area contributed by atoms with E-state index in [1.807, 2.05) is 19.1 Å². The summed E-state index contributed by atoms with van der Waals surface area (Å²) in [5, 5.41) is 6.62. The largest absolute Gasteiger partial charge is 0.377 e. The first-order valence-corrected chi connectivity index (χ1v) is 12.6. The Morgan fingerprint density at radius 1 is 1.20 bits per heavy atom. The number of sulfonamides is 1. The minimum atomic E-state index is -3.52. The molecule has 8 heteroatoms. The Morgan fingerprint density at radius 2 is 1.97 bits per heavy atom. The highest BCUT2D eigenvalue weighted by molar-refractivity contribution is 7.89.